The highest BCUT2D eigenvalue weighted by Gasteiger charge is 2.48. The molecule has 0 aliphatic carbocycles. The Balaban J connectivity index is 1.88. The van der Waals surface area contributed by atoms with E-state index in [0.29, 0.717) is 5.56 Å². The van der Waals surface area contributed by atoms with Crippen molar-refractivity contribution >= 4 is 35.0 Å². The van der Waals surface area contributed by atoms with Crippen molar-refractivity contribution in [2.75, 3.05) is 0 Å². The molecule has 3 rings (SSSR count). The molecule has 0 saturated heterocycles. The summed E-state index contributed by atoms with van der Waals surface area (Å²) in [7, 11) is 0. The third-order valence-corrected chi connectivity index (χ3v) is 6.17. The Morgan fingerprint density at radius 2 is 1.58 bits per heavy atom. The maximum atomic E-state index is 13.9. The Morgan fingerprint density at radius 1 is 0.974 bits per heavy atom. The van der Waals surface area contributed by atoms with E-state index in [0.717, 1.165) is 5.56 Å². The highest BCUT2D eigenvalue weighted by atomic mass is 16.2. The number of benzene rings is 2. The highest BCUT2D eigenvalue weighted by molar-refractivity contribution is 6.45. The van der Waals surface area contributed by atoms with Gasteiger partial charge < -0.3 is 16.4 Å². The summed E-state index contributed by atoms with van der Waals surface area (Å²) in [4.78, 5) is 64.7. The number of nitrogens with one attached hydrogen (secondary N) is 3. The molecule has 5 N–H and O–H groups in total. The Labute approximate surface area is 221 Å². The van der Waals surface area contributed by atoms with Crippen LogP contribution in [0.25, 0.3) is 0 Å². The molecule has 2 aromatic carbocycles. The number of ketones is 2. The summed E-state index contributed by atoms with van der Waals surface area (Å²) in [5.74, 6) is -3.87. The third kappa shape index (κ3) is 7.42. The lowest BCUT2D eigenvalue weighted by Gasteiger charge is -2.31. The molecule has 1 aliphatic heterocycles. The van der Waals surface area contributed by atoms with Crippen molar-refractivity contribution in [3.05, 3.63) is 71.8 Å². The van der Waals surface area contributed by atoms with Crippen molar-refractivity contribution < 1.29 is 24.0 Å². The molecule has 1 heterocycles. The zero-order chi connectivity index (χ0) is 27.7. The van der Waals surface area contributed by atoms with E-state index in [1.165, 1.54) is 0 Å². The van der Waals surface area contributed by atoms with Gasteiger partial charge in [0.25, 0.3) is 11.8 Å². The van der Waals surface area contributed by atoms with Crippen molar-refractivity contribution in [3.8, 4) is 0 Å². The molecule has 38 heavy (non-hydrogen) atoms. The maximum absolute atomic E-state index is 13.9. The minimum atomic E-state index is -2.24. The van der Waals surface area contributed by atoms with Gasteiger partial charge in [-0.15, -0.1) is 0 Å². The van der Waals surface area contributed by atoms with E-state index in [1.807, 2.05) is 19.9 Å². The first-order valence-electron chi connectivity index (χ1n) is 12.5. The van der Waals surface area contributed by atoms with E-state index in [4.69, 9.17) is 5.73 Å². The van der Waals surface area contributed by atoms with Gasteiger partial charge in [0.2, 0.25) is 11.7 Å². The van der Waals surface area contributed by atoms with Gasteiger partial charge in [0, 0.05) is 25.8 Å². The molecule has 0 saturated carbocycles. The molecule has 0 radical (unpaired) electrons. The number of nitrogens with two attached hydrogens (primary N) is 1. The van der Waals surface area contributed by atoms with Crippen LogP contribution in [0.15, 0.2) is 65.8 Å². The second kappa shape index (κ2) is 12.9. The SMILES string of the molecule is CC(C)C[C@H](NC(=O)C1=NNC(=O)CC1)C(=O)[C@@](N)(Cc1ccccc1)C(=O)C(=O)NCc1ccccc1. The number of hydrogen-bond acceptors (Lipinski definition) is 7. The molecule has 0 fully saturated rings. The fraction of sp³-hybridized carbons (Fsp3) is 0.357. The molecule has 1 aliphatic rings. The number of hydrazone groups is 1. The average Bonchev–Trinajstić information content (AvgIpc) is 2.91. The average molecular weight is 520 g/mol. The second-order valence-electron chi connectivity index (χ2n) is 9.74. The summed E-state index contributed by atoms with van der Waals surface area (Å²) < 4.78 is 0. The molecule has 0 spiro atoms. The fourth-order valence-corrected chi connectivity index (χ4v) is 4.15. The quantitative estimate of drug-likeness (QED) is 0.243. The van der Waals surface area contributed by atoms with E-state index in [9.17, 15) is 24.0 Å². The van der Waals surface area contributed by atoms with Crippen molar-refractivity contribution in [1.29, 1.82) is 0 Å². The molecule has 10 heteroatoms. The Hall–Kier alpha value is -4.18. The van der Waals surface area contributed by atoms with Gasteiger partial charge in [-0.05, 0) is 23.5 Å². The van der Waals surface area contributed by atoms with Gasteiger partial charge >= 0.3 is 0 Å². The Kier molecular flexibility index (Phi) is 9.61. The van der Waals surface area contributed by atoms with E-state index in [2.05, 4.69) is 21.2 Å². The number of amides is 3. The van der Waals surface area contributed by atoms with E-state index >= 15 is 0 Å². The summed E-state index contributed by atoms with van der Waals surface area (Å²) in [6.45, 7) is 3.79. The van der Waals surface area contributed by atoms with Crippen LogP contribution >= 0.6 is 0 Å². The van der Waals surface area contributed by atoms with Gasteiger partial charge in [-0.1, -0.05) is 74.5 Å². The molecular formula is C28H33N5O5. The first kappa shape index (κ1) is 28.4. The molecule has 3 amide bonds. The van der Waals surface area contributed by atoms with E-state index < -0.39 is 35.0 Å². The number of rotatable bonds is 12. The predicted octanol–water partition coefficient (Wildman–Crippen LogP) is 1.18. The van der Waals surface area contributed by atoms with Crippen LogP contribution in [0.2, 0.25) is 0 Å². The van der Waals surface area contributed by atoms with Crippen LogP contribution in [-0.2, 0) is 36.9 Å². The van der Waals surface area contributed by atoms with Crippen molar-refractivity contribution in [3.63, 3.8) is 0 Å². The maximum Gasteiger partial charge on any atom is 0.290 e. The summed E-state index contributed by atoms with van der Waals surface area (Å²) >= 11 is 0. The lowest BCUT2D eigenvalue weighted by Crippen LogP contribution is -2.66. The standard InChI is InChI=1S/C28H33N5O5/c1-18(2)15-22(31-26(37)21-13-14-23(34)33-32-21)24(35)28(29,16-19-9-5-3-6-10-19)25(36)27(38)30-17-20-11-7-4-8-12-20/h3-12,18,22H,13-17,29H2,1-2H3,(H,30,38)(H,31,37)(H,33,34)/t22-,28-/m0/s1. The molecule has 2 atom stereocenters. The number of nitrogens with zero attached hydrogens (tertiary/aromatic N) is 1. The zero-order valence-corrected chi connectivity index (χ0v) is 21.5. The van der Waals surface area contributed by atoms with Crippen LogP contribution < -0.4 is 21.8 Å². The topological polar surface area (TPSA) is 160 Å². The van der Waals surface area contributed by atoms with Crippen LogP contribution in [0.3, 0.4) is 0 Å². The first-order chi connectivity index (χ1) is 18.1. The van der Waals surface area contributed by atoms with Crippen LogP contribution in [0, 0.1) is 5.92 Å². The van der Waals surface area contributed by atoms with Crippen LogP contribution in [0.5, 0.6) is 0 Å². The minimum absolute atomic E-state index is 0.0553. The molecule has 2 aromatic rings. The van der Waals surface area contributed by atoms with Crippen LogP contribution in [0.4, 0.5) is 0 Å². The first-order valence-corrected chi connectivity index (χ1v) is 12.5. The fourth-order valence-electron chi connectivity index (χ4n) is 4.15. The van der Waals surface area contributed by atoms with Crippen molar-refractivity contribution in [1.82, 2.24) is 16.1 Å². The van der Waals surface area contributed by atoms with Gasteiger partial charge in [-0.25, -0.2) is 5.43 Å². The summed E-state index contributed by atoms with van der Waals surface area (Å²) in [5.41, 5.74) is 7.97. The summed E-state index contributed by atoms with van der Waals surface area (Å²) in [6.07, 6.45) is 0.144. The van der Waals surface area contributed by atoms with Gasteiger partial charge in [0.15, 0.2) is 11.3 Å². The number of carbonyl (C=O) groups is 5. The summed E-state index contributed by atoms with van der Waals surface area (Å²) in [5, 5.41) is 8.98. The monoisotopic (exact) mass is 519 g/mol. The predicted molar refractivity (Wildman–Crippen MR) is 142 cm³/mol. The molecule has 10 nitrogen and oxygen atoms in total. The number of carbonyl (C=O) groups excluding carboxylic acids is 5. The molecule has 0 unspecified atom stereocenters. The number of hydrogen-bond donors (Lipinski definition) is 4. The number of Topliss-reactive ketones (excluding diaryl/α,β-unsaturated/α-hetero) is 2. The smallest absolute Gasteiger partial charge is 0.290 e. The molecule has 200 valence electrons. The third-order valence-electron chi connectivity index (χ3n) is 6.17. The Bertz CT molecular complexity index is 1210. The highest BCUT2D eigenvalue weighted by Crippen LogP contribution is 2.20. The van der Waals surface area contributed by atoms with Gasteiger partial charge in [-0.3, -0.25) is 24.0 Å². The van der Waals surface area contributed by atoms with Crippen molar-refractivity contribution in [2.24, 2.45) is 16.8 Å². The molecule has 0 aromatic heterocycles. The normalized spacial score (nSPS) is 15.5. The Morgan fingerprint density at radius 3 is 2.13 bits per heavy atom. The zero-order valence-electron chi connectivity index (χ0n) is 21.5. The summed E-state index contributed by atoms with van der Waals surface area (Å²) in [6, 6.07) is 16.5. The largest absolute Gasteiger partial charge is 0.345 e. The van der Waals surface area contributed by atoms with Crippen LogP contribution in [-0.4, -0.2) is 46.6 Å². The lowest BCUT2D eigenvalue weighted by molar-refractivity contribution is -0.146. The lowest BCUT2D eigenvalue weighted by atomic mass is 9.78. The van der Waals surface area contributed by atoms with Crippen LogP contribution in [0.1, 0.15) is 44.2 Å². The van der Waals surface area contributed by atoms with E-state index in [1.54, 1.807) is 54.6 Å². The van der Waals surface area contributed by atoms with Gasteiger partial charge in [-0.2, -0.15) is 5.10 Å². The molecular weight excluding hydrogens is 486 g/mol. The second-order valence-corrected chi connectivity index (χ2v) is 9.74. The molecule has 0 bridgehead atoms. The minimum Gasteiger partial charge on any atom is -0.345 e. The van der Waals surface area contributed by atoms with E-state index in [-0.39, 0.29) is 49.8 Å². The van der Waals surface area contributed by atoms with Gasteiger partial charge in [0.05, 0.1) is 6.04 Å². The van der Waals surface area contributed by atoms with Crippen molar-refractivity contribution in [2.45, 2.75) is 57.7 Å². The van der Waals surface area contributed by atoms with Gasteiger partial charge in [0.1, 0.15) is 5.71 Å².